The number of hydrogen-bond acceptors (Lipinski definition) is 3. The Morgan fingerprint density at radius 1 is 1.19 bits per heavy atom. The van der Waals surface area contributed by atoms with Crippen LogP contribution in [0.4, 0.5) is 18.9 Å². The Morgan fingerprint density at radius 2 is 1.97 bits per heavy atom. The van der Waals surface area contributed by atoms with E-state index in [1.807, 2.05) is 13.0 Å². The molecule has 3 rings (SSSR count). The number of methoxy groups -OCH3 is 1. The number of benzene rings is 2. The normalized spacial score (nSPS) is 11.0. The summed E-state index contributed by atoms with van der Waals surface area (Å²) >= 11 is 0. The van der Waals surface area contributed by atoms with Gasteiger partial charge in [0.2, 0.25) is 0 Å². The third-order valence-electron chi connectivity index (χ3n) is 4.78. The van der Waals surface area contributed by atoms with E-state index in [1.165, 1.54) is 18.7 Å². The fourth-order valence-electron chi connectivity index (χ4n) is 3.28. The maximum absolute atomic E-state index is 13.1. The van der Waals surface area contributed by atoms with Crippen molar-refractivity contribution in [1.82, 2.24) is 9.88 Å². The number of aromatic nitrogens is 1. The van der Waals surface area contributed by atoms with Gasteiger partial charge in [-0.3, -0.25) is 4.79 Å². The summed E-state index contributed by atoms with van der Waals surface area (Å²) in [5.74, 6) is 5.94. The number of carbonyl (C=O) groups is 1. The molecule has 31 heavy (non-hydrogen) atoms. The second-order valence-corrected chi connectivity index (χ2v) is 6.89. The zero-order valence-electron chi connectivity index (χ0n) is 17.4. The average Bonchev–Trinajstić information content (AvgIpc) is 3.07. The number of aryl methyl sites for hydroxylation is 1. The standard InChI is InChI=1S/C23H22F3N3O2/c1-15-6-4-8-20-18(15)13-17(29(20)14-23(24,25)26)7-5-11-28-19-10-9-16(22(30)27-2)12-21(19)31-3/h4,6,8-10,12-13,28H,11,14H2,1-3H3,(H,27,30). The number of carbonyl (C=O) groups excluding carboxylic acids is 1. The van der Waals surface area contributed by atoms with Crippen molar-refractivity contribution in [3.63, 3.8) is 0 Å². The molecule has 162 valence electrons. The van der Waals surface area contributed by atoms with Gasteiger partial charge in [0.1, 0.15) is 12.3 Å². The van der Waals surface area contributed by atoms with Crippen LogP contribution in [0.15, 0.2) is 42.5 Å². The van der Waals surface area contributed by atoms with Crippen LogP contribution in [0.5, 0.6) is 5.75 Å². The zero-order valence-corrected chi connectivity index (χ0v) is 17.4. The van der Waals surface area contributed by atoms with E-state index in [4.69, 9.17) is 4.74 Å². The van der Waals surface area contributed by atoms with E-state index in [1.54, 1.807) is 36.4 Å². The van der Waals surface area contributed by atoms with Crippen LogP contribution in [-0.2, 0) is 6.54 Å². The molecule has 1 heterocycles. The van der Waals surface area contributed by atoms with Crippen LogP contribution in [0.2, 0.25) is 0 Å². The first-order valence-corrected chi connectivity index (χ1v) is 9.52. The fourth-order valence-corrected chi connectivity index (χ4v) is 3.28. The molecule has 0 aliphatic rings. The monoisotopic (exact) mass is 429 g/mol. The fraction of sp³-hybridized carbons (Fsp3) is 0.261. The Hall–Kier alpha value is -3.60. The first-order chi connectivity index (χ1) is 14.7. The lowest BCUT2D eigenvalue weighted by Gasteiger charge is -2.11. The molecule has 8 heteroatoms. The van der Waals surface area contributed by atoms with Gasteiger partial charge in [0.25, 0.3) is 5.91 Å². The van der Waals surface area contributed by atoms with Gasteiger partial charge in [-0.1, -0.05) is 18.1 Å². The van der Waals surface area contributed by atoms with Gasteiger partial charge >= 0.3 is 6.18 Å². The van der Waals surface area contributed by atoms with Gasteiger partial charge in [-0.25, -0.2) is 0 Å². The van der Waals surface area contributed by atoms with Crippen LogP contribution in [0, 0.1) is 18.8 Å². The topological polar surface area (TPSA) is 55.3 Å². The summed E-state index contributed by atoms with van der Waals surface area (Å²) in [6.45, 7) is 0.933. The van der Waals surface area contributed by atoms with Crippen LogP contribution >= 0.6 is 0 Å². The van der Waals surface area contributed by atoms with Gasteiger partial charge in [0.05, 0.1) is 25.0 Å². The van der Waals surface area contributed by atoms with Gasteiger partial charge in [-0.05, 0) is 48.7 Å². The minimum atomic E-state index is -4.36. The number of ether oxygens (including phenoxy) is 1. The van der Waals surface area contributed by atoms with Gasteiger partial charge in [0, 0.05) is 23.5 Å². The van der Waals surface area contributed by atoms with Crippen molar-refractivity contribution in [2.24, 2.45) is 0 Å². The molecule has 2 N–H and O–H groups in total. The van der Waals surface area contributed by atoms with Gasteiger partial charge in [0.15, 0.2) is 0 Å². The lowest BCUT2D eigenvalue weighted by atomic mass is 10.1. The summed E-state index contributed by atoms with van der Waals surface area (Å²) < 4.78 is 45.8. The largest absolute Gasteiger partial charge is 0.495 e. The van der Waals surface area contributed by atoms with Crippen LogP contribution in [-0.4, -0.2) is 37.4 Å². The first-order valence-electron chi connectivity index (χ1n) is 9.52. The van der Waals surface area contributed by atoms with Gasteiger partial charge < -0.3 is 19.9 Å². The Morgan fingerprint density at radius 3 is 2.65 bits per heavy atom. The summed E-state index contributed by atoms with van der Waals surface area (Å²) in [4.78, 5) is 11.7. The van der Waals surface area contributed by atoms with E-state index >= 15 is 0 Å². The minimum absolute atomic E-state index is 0.183. The van der Waals surface area contributed by atoms with E-state index in [2.05, 4.69) is 22.5 Å². The van der Waals surface area contributed by atoms with Crippen molar-refractivity contribution in [2.75, 3.05) is 26.0 Å². The van der Waals surface area contributed by atoms with E-state index in [0.29, 0.717) is 28.2 Å². The zero-order chi connectivity index (χ0) is 22.6. The molecule has 3 aromatic rings. The van der Waals surface area contributed by atoms with Gasteiger partial charge in [-0.2, -0.15) is 13.2 Å². The molecule has 0 atom stereocenters. The predicted octanol–water partition coefficient (Wildman–Crippen LogP) is 4.34. The lowest BCUT2D eigenvalue weighted by Crippen LogP contribution is -2.18. The van der Waals surface area contributed by atoms with Crippen molar-refractivity contribution in [2.45, 2.75) is 19.6 Å². The number of nitrogens with zero attached hydrogens (tertiary/aromatic N) is 1. The number of nitrogens with one attached hydrogen (secondary N) is 2. The van der Waals surface area contributed by atoms with Crippen molar-refractivity contribution in [3.05, 3.63) is 59.3 Å². The highest BCUT2D eigenvalue weighted by molar-refractivity contribution is 5.95. The molecular formula is C23H22F3N3O2. The van der Waals surface area contributed by atoms with Crippen molar-refractivity contribution < 1.29 is 22.7 Å². The Labute approximate surface area is 178 Å². The lowest BCUT2D eigenvalue weighted by molar-refractivity contribution is -0.140. The van der Waals surface area contributed by atoms with E-state index in [0.717, 1.165) is 10.9 Å². The molecule has 0 radical (unpaired) electrons. The van der Waals surface area contributed by atoms with E-state index in [-0.39, 0.29) is 12.5 Å². The third kappa shape index (κ3) is 5.12. The maximum Gasteiger partial charge on any atom is 0.406 e. The molecule has 0 aliphatic carbocycles. The molecule has 1 aromatic heterocycles. The summed E-state index contributed by atoms with van der Waals surface area (Å²) in [6.07, 6.45) is -4.36. The molecule has 2 aromatic carbocycles. The van der Waals surface area contributed by atoms with E-state index in [9.17, 15) is 18.0 Å². The summed E-state index contributed by atoms with van der Waals surface area (Å²) in [7, 11) is 3.02. The van der Waals surface area contributed by atoms with E-state index < -0.39 is 12.7 Å². The quantitative estimate of drug-likeness (QED) is 0.593. The summed E-state index contributed by atoms with van der Waals surface area (Å²) in [6, 6.07) is 11.9. The SMILES string of the molecule is CNC(=O)c1ccc(NCC#Cc2cc3c(C)cccc3n2CC(F)(F)F)c(OC)c1. The number of anilines is 1. The first kappa shape index (κ1) is 22.1. The smallest absolute Gasteiger partial charge is 0.406 e. The Kier molecular flexibility index (Phi) is 6.44. The maximum atomic E-state index is 13.1. The molecule has 0 fully saturated rings. The predicted molar refractivity (Wildman–Crippen MR) is 114 cm³/mol. The van der Waals surface area contributed by atoms with Crippen molar-refractivity contribution >= 4 is 22.5 Å². The second kappa shape index (κ2) is 9.04. The number of halogens is 3. The highest BCUT2D eigenvalue weighted by Gasteiger charge is 2.29. The minimum Gasteiger partial charge on any atom is -0.495 e. The Bertz CT molecular complexity index is 1170. The molecule has 1 amide bonds. The van der Waals surface area contributed by atoms with Crippen LogP contribution < -0.4 is 15.4 Å². The number of hydrogen-bond donors (Lipinski definition) is 2. The molecule has 0 saturated heterocycles. The number of alkyl halides is 3. The second-order valence-electron chi connectivity index (χ2n) is 6.89. The van der Waals surface area contributed by atoms with Gasteiger partial charge in [-0.15, -0.1) is 0 Å². The molecule has 0 aliphatic heterocycles. The summed E-state index contributed by atoms with van der Waals surface area (Å²) in [5, 5.41) is 6.35. The molecule has 0 unspecified atom stereocenters. The number of fused-ring (bicyclic) bond motifs is 1. The number of amides is 1. The molecule has 0 saturated carbocycles. The molecule has 0 bridgehead atoms. The van der Waals surface area contributed by atoms with Crippen molar-refractivity contribution in [1.29, 1.82) is 0 Å². The highest BCUT2D eigenvalue weighted by atomic mass is 19.4. The van der Waals surface area contributed by atoms with Crippen LogP contribution in [0.1, 0.15) is 21.6 Å². The highest BCUT2D eigenvalue weighted by Crippen LogP contribution is 2.28. The molecule has 5 nitrogen and oxygen atoms in total. The Balaban J connectivity index is 1.84. The molecular weight excluding hydrogens is 407 g/mol. The number of rotatable bonds is 5. The van der Waals surface area contributed by atoms with Crippen LogP contribution in [0.25, 0.3) is 10.9 Å². The molecule has 0 spiro atoms. The van der Waals surface area contributed by atoms with Crippen LogP contribution in [0.3, 0.4) is 0 Å². The summed E-state index contributed by atoms with van der Waals surface area (Å²) in [5.41, 5.74) is 2.76. The van der Waals surface area contributed by atoms with Crippen molar-refractivity contribution in [3.8, 4) is 17.6 Å². The third-order valence-corrected chi connectivity index (χ3v) is 4.78. The average molecular weight is 429 g/mol.